The van der Waals surface area contributed by atoms with Crippen LogP contribution < -0.4 is 10.6 Å². The molecule has 0 heterocycles. The second-order valence-corrected chi connectivity index (χ2v) is 6.16. The first-order valence-corrected chi connectivity index (χ1v) is 8.82. The first kappa shape index (κ1) is 22.9. The van der Waals surface area contributed by atoms with Gasteiger partial charge in [-0.3, -0.25) is 14.4 Å². The van der Waals surface area contributed by atoms with E-state index in [1.165, 1.54) is 36.4 Å². The number of benzene rings is 2. The van der Waals surface area contributed by atoms with E-state index in [9.17, 15) is 31.9 Å². The summed E-state index contributed by atoms with van der Waals surface area (Å²) in [7, 11) is 0. The van der Waals surface area contributed by atoms with Crippen LogP contribution in [0.15, 0.2) is 48.5 Å². The number of alkyl halides is 3. The van der Waals surface area contributed by atoms with Crippen LogP contribution in [0.3, 0.4) is 0 Å². The fourth-order valence-electron chi connectivity index (χ4n) is 2.39. The number of halogens is 4. The lowest BCUT2D eigenvalue weighted by Crippen LogP contribution is -2.22. The molecule has 160 valence electrons. The summed E-state index contributed by atoms with van der Waals surface area (Å²) in [6, 6.07) is 9.56. The SMILES string of the molecule is O=C(CCCC(=O)OCC(=O)Nc1ccccc1C(F)(F)F)Nc1ccc(F)cc1. The molecule has 0 aliphatic heterocycles. The maximum Gasteiger partial charge on any atom is 0.418 e. The predicted octanol–water partition coefficient (Wildman–Crippen LogP) is 4.14. The quantitative estimate of drug-likeness (QED) is 0.491. The fraction of sp³-hybridized carbons (Fsp3) is 0.250. The molecule has 0 aliphatic carbocycles. The minimum Gasteiger partial charge on any atom is -0.456 e. The molecule has 0 radical (unpaired) electrons. The number of ether oxygens (including phenoxy) is 1. The van der Waals surface area contributed by atoms with Gasteiger partial charge in [0.2, 0.25) is 5.91 Å². The van der Waals surface area contributed by atoms with Crippen LogP contribution in [0.4, 0.5) is 28.9 Å². The molecule has 2 N–H and O–H groups in total. The Kier molecular flexibility index (Phi) is 7.90. The molecule has 6 nitrogen and oxygen atoms in total. The zero-order valence-corrected chi connectivity index (χ0v) is 15.6. The molecule has 0 fully saturated rings. The van der Waals surface area contributed by atoms with Gasteiger partial charge in [0, 0.05) is 18.5 Å². The van der Waals surface area contributed by atoms with Crippen LogP contribution in [0, 0.1) is 5.82 Å². The van der Waals surface area contributed by atoms with E-state index in [4.69, 9.17) is 4.74 Å². The van der Waals surface area contributed by atoms with Crippen LogP contribution in [0.25, 0.3) is 0 Å². The van der Waals surface area contributed by atoms with Gasteiger partial charge in [-0.05, 0) is 42.8 Å². The average Bonchev–Trinajstić information content (AvgIpc) is 2.68. The third kappa shape index (κ3) is 7.53. The molecule has 2 rings (SSSR count). The molecule has 0 spiro atoms. The highest BCUT2D eigenvalue weighted by atomic mass is 19.4. The van der Waals surface area contributed by atoms with Gasteiger partial charge in [-0.2, -0.15) is 13.2 Å². The third-order valence-electron chi connectivity index (χ3n) is 3.78. The smallest absolute Gasteiger partial charge is 0.418 e. The molecular weight excluding hydrogens is 408 g/mol. The van der Waals surface area contributed by atoms with Gasteiger partial charge in [0.05, 0.1) is 11.3 Å². The highest BCUT2D eigenvalue weighted by molar-refractivity contribution is 5.93. The van der Waals surface area contributed by atoms with Crippen molar-refractivity contribution in [3.8, 4) is 0 Å². The molecule has 0 saturated heterocycles. The lowest BCUT2D eigenvalue weighted by molar-refractivity contribution is -0.147. The summed E-state index contributed by atoms with van der Waals surface area (Å²) in [4.78, 5) is 35.2. The Morgan fingerprint density at radius 2 is 1.53 bits per heavy atom. The van der Waals surface area contributed by atoms with Crippen molar-refractivity contribution in [3.05, 3.63) is 59.9 Å². The van der Waals surface area contributed by atoms with Crippen molar-refractivity contribution in [1.29, 1.82) is 0 Å². The van der Waals surface area contributed by atoms with Gasteiger partial charge in [0.1, 0.15) is 5.82 Å². The van der Waals surface area contributed by atoms with Crippen LogP contribution >= 0.6 is 0 Å². The molecule has 2 aromatic carbocycles. The first-order valence-electron chi connectivity index (χ1n) is 8.82. The molecule has 10 heteroatoms. The van der Waals surface area contributed by atoms with Crippen LogP contribution in [0.5, 0.6) is 0 Å². The van der Waals surface area contributed by atoms with Crippen LogP contribution in [0.1, 0.15) is 24.8 Å². The number of carbonyl (C=O) groups is 3. The third-order valence-corrected chi connectivity index (χ3v) is 3.78. The Hall–Kier alpha value is -3.43. The number of hydrogen-bond acceptors (Lipinski definition) is 4. The van der Waals surface area contributed by atoms with Crippen molar-refractivity contribution in [1.82, 2.24) is 0 Å². The van der Waals surface area contributed by atoms with E-state index in [0.29, 0.717) is 5.69 Å². The zero-order chi connectivity index (χ0) is 22.1. The second-order valence-electron chi connectivity index (χ2n) is 6.16. The monoisotopic (exact) mass is 426 g/mol. The number of amides is 2. The van der Waals surface area contributed by atoms with Gasteiger partial charge < -0.3 is 15.4 Å². The maximum absolute atomic E-state index is 12.9. The molecule has 0 aliphatic rings. The largest absolute Gasteiger partial charge is 0.456 e. The highest BCUT2D eigenvalue weighted by Gasteiger charge is 2.33. The minimum atomic E-state index is -4.64. The number of esters is 1. The van der Waals surface area contributed by atoms with Gasteiger partial charge in [0.25, 0.3) is 5.91 Å². The Morgan fingerprint density at radius 3 is 2.20 bits per heavy atom. The van der Waals surface area contributed by atoms with E-state index < -0.39 is 47.6 Å². The standard InChI is InChI=1S/C20H18F4N2O4/c21-13-8-10-14(11-9-13)25-17(27)6-3-7-19(29)30-12-18(28)26-16-5-2-1-4-15(16)20(22,23)24/h1-2,4-5,8-11H,3,6-7,12H2,(H,25,27)(H,26,28). The van der Waals surface area contributed by atoms with Crippen LogP contribution in [-0.2, 0) is 25.3 Å². The van der Waals surface area contributed by atoms with Crippen LogP contribution in [-0.4, -0.2) is 24.4 Å². The summed E-state index contributed by atoms with van der Waals surface area (Å²) in [6.07, 6.45) is -4.69. The van der Waals surface area contributed by atoms with Gasteiger partial charge in [-0.25, -0.2) is 4.39 Å². The highest BCUT2D eigenvalue weighted by Crippen LogP contribution is 2.34. The first-order chi connectivity index (χ1) is 14.1. The summed E-state index contributed by atoms with van der Waals surface area (Å²) in [5, 5.41) is 4.58. The summed E-state index contributed by atoms with van der Waals surface area (Å²) in [5.41, 5.74) is -1.06. The summed E-state index contributed by atoms with van der Waals surface area (Å²) in [6.45, 7) is -0.757. The average molecular weight is 426 g/mol. The lowest BCUT2D eigenvalue weighted by atomic mass is 10.1. The van der Waals surface area contributed by atoms with Crippen molar-refractivity contribution >= 4 is 29.2 Å². The number of para-hydroxylation sites is 1. The van der Waals surface area contributed by atoms with E-state index in [0.717, 1.165) is 12.1 Å². The van der Waals surface area contributed by atoms with Gasteiger partial charge in [0.15, 0.2) is 6.61 Å². The molecule has 0 saturated carbocycles. The number of hydrogen-bond donors (Lipinski definition) is 2. The van der Waals surface area contributed by atoms with Crippen molar-refractivity contribution < 1.29 is 36.7 Å². The normalized spacial score (nSPS) is 10.9. The number of anilines is 2. The summed E-state index contributed by atoms with van der Waals surface area (Å²) in [5.74, 6) is -2.53. The number of carbonyl (C=O) groups excluding carboxylic acids is 3. The van der Waals surface area contributed by atoms with Crippen molar-refractivity contribution in [3.63, 3.8) is 0 Å². The van der Waals surface area contributed by atoms with E-state index in [1.54, 1.807) is 0 Å². The Labute approximate surface area is 169 Å². The van der Waals surface area contributed by atoms with Gasteiger partial charge >= 0.3 is 12.1 Å². The minimum absolute atomic E-state index is 0.0162. The second kappa shape index (κ2) is 10.4. The fourth-order valence-corrected chi connectivity index (χ4v) is 2.39. The molecule has 30 heavy (non-hydrogen) atoms. The van der Waals surface area contributed by atoms with Crippen molar-refractivity contribution in [2.75, 3.05) is 17.2 Å². The molecule has 0 atom stereocenters. The Bertz CT molecular complexity index is 898. The van der Waals surface area contributed by atoms with Gasteiger partial charge in [-0.15, -0.1) is 0 Å². The van der Waals surface area contributed by atoms with Crippen molar-refractivity contribution in [2.45, 2.75) is 25.4 Å². The molecule has 2 amide bonds. The lowest BCUT2D eigenvalue weighted by Gasteiger charge is -2.13. The Balaban J connectivity index is 1.70. The molecular formula is C20H18F4N2O4. The topological polar surface area (TPSA) is 84.5 Å². The van der Waals surface area contributed by atoms with Crippen LogP contribution in [0.2, 0.25) is 0 Å². The van der Waals surface area contributed by atoms with E-state index in [-0.39, 0.29) is 19.3 Å². The molecule has 0 aromatic heterocycles. The predicted molar refractivity (Wildman–Crippen MR) is 99.9 cm³/mol. The maximum atomic E-state index is 12.9. The van der Waals surface area contributed by atoms with Crippen molar-refractivity contribution in [2.24, 2.45) is 0 Å². The summed E-state index contributed by atoms with van der Waals surface area (Å²) >= 11 is 0. The molecule has 0 unspecified atom stereocenters. The Morgan fingerprint density at radius 1 is 0.867 bits per heavy atom. The number of rotatable bonds is 8. The van der Waals surface area contributed by atoms with E-state index in [2.05, 4.69) is 10.6 Å². The van der Waals surface area contributed by atoms with E-state index >= 15 is 0 Å². The van der Waals surface area contributed by atoms with Gasteiger partial charge in [-0.1, -0.05) is 12.1 Å². The molecule has 2 aromatic rings. The summed E-state index contributed by atoms with van der Waals surface area (Å²) < 4.78 is 56.2. The number of nitrogens with one attached hydrogen (secondary N) is 2. The zero-order valence-electron chi connectivity index (χ0n) is 15.6. The molecule has 0 bridgehead atoms. The van der Waals surface area contributed by atoms with E-state index in [1.807, 2.05) is 0 Å².